The summed E-state index contributed by atoms with van der Waals surface area (Å²) in [7, 11) is 0. The van der Waals surface area contributed by atoms with Crippen molar-refractivity contribution in [2.45, 2.75) is 26.8 Å². The molecule has 0 saturated carbocycles. The van der Waals surface area contributed by atoms with Gasteiger partial charge in [0.25, 0.3) is 0 Å². The van der Waals surface area contributed by atoms with Crippen LogP contribution in [-0.2, 0) is 9.59 Å². The van der Waals surface area contributed by atoms with E-state index < -0.39 is 6.04 Å². The van der Waals surface area contributed by atoms with Crippen molar-refractivity contribution < 1.29 is 9.59 Å². The molecule has 0 spiro atoms. The van der Waals surface area contributed by atoms with E-state index in [0.717, 1.165) is 4.90 Å². The number of hydrogen-bond donors (Lipinski definition) is 0. The van der Waals surface area contributed by atoms with Gasteiger partial charge in [-0.25, -0.2) is 0 Å². The average molecular weight is 153 g/mol. The van der Waals surface area contributed by atoms with Crippen LogP contribution >= 0.6 is 0 Å². The number of carbonyl (C=O) groups is 2. The number of terminal acetylenes is 1. The molecule has 1 unspecified atom stereocenters. The quantitative estimate of drug-likeness (QED) is 0.511. The molecule has 0 aromatic heterocycles. The van der Waals surface area contributed by atoms with Gasteiger partial charge in [0.2, 0.25) is 11.8 Å². The van der Waals surface area contributed by atoms with Crippen LogP contribution in [0.25, 0.3) is 0 Å². The van der Waals surface area contributed by atoms with Crippen molar-refractivity contribution in [3.63, 3.8) is 0 Å². The summed E-state index contributed by atoms with van der Waals surface area (Å²) in [6, 6.07) is -0.454. The van der Waals surface area contributed by atoms with Crippen molar-refractivity contribution >= 4 is 11.8 Å². The Labute approximate surface area is 66.4 Å². The van der Waals surface area contributed by atoms with Crippen molar-refractivity contribution in [1.82, 2.24) is 4.90 Å². The number of nitrogens with zero attached hydrogens (tertiary/aromatic N) is 1. The molecule has 0 fully saturated rings. The Balaban J connectivity index is 4.50. The van der Waals surface area contributed by atoms with E-state index in [1.807, 2.05) is 0 Å². The zero-order valence-electron chi connectivity index (χ0n) is 6.92. The summed E-state index contributed by atoms with van der Waals surface area (Å²) in [5, 5.41) is 0. The highest BCUT2D eigenvalue weighted by molar-refractivity contribution is 5.93. The SMILES string of the molecule is C#CC(C)N(C(C)=O)C(C)=O. The fraction of sp³-hybridized carbons (Fsp3) is 0.500. The molecule has 0 aliphatic carbocycles. The molecule has 0 aliphatic rings. The van der Waals surface area contributed by atoms with Crippen LogP contribution in [0.5, 0.6) is 0 Å². The van der Waals surface area contributed by atoms with Gasteiger partial charge >= 0.3 is 0 Å². The topological polar surface area (TPSA) is 37.4 Å². The van der Waals surface area contributed by atoms with Crippen LogP contribution in [0.1, 0.15) is 20.8 Å². The molecule has 0 aromatic rings. The average Bonchev–Trinajstić information content (AvgIpc) is 1.85. The zero-order chi connectivity index (χ0) is 9.02. The molecule has 0 N–H and O–H groups in total. The van der Waals surface area contributed by atoms with E-state index in [1.165, 1.54) is 13.8 Å². The van der Waals surface area contributed by atoms with Gasteiger partial charge in [-0.15, -0.1) is 6.42 Å². The van der Waals surface area contributed by atoms with E-state index in [-0.39, 0.29) is 11.8 Å². The molecule has 0 bridgehead atoms. The molecular weight excluding hydrogens is 142 g/mol. The van der Waals surface area contributed by atoms with Gasteiger partial charge in [0.15, 0.2) is 0 Å². The minimum atomic E-state index is -0.454. The standard InChI is InChI=1S/C8H11NO2/c1-5-6(2)9(7(3)10)8(4)11/h1,6H,2-4H3. The minimum absolute atomic E-state index is 0.317. The van der Waals surface area contributed by atoms with Crippen LogP contribution in [0.15, 0.2) is 0 Å². The minimum Gasteiger partial charge on any atom is -0.275 e. The maximum absolute atomic E-state index is 10.8. The third-order valence-corrected chi connectivity index (χ3v) is 1.31. The number of hydrogen-bond acceptors (Lipinski definition) is 2. The van der Waals surface area contributed by atoms with E-state index in [2.05, 4.69) is 5.92 Å². The van der Waals surface area contributed by atoms with Crippen molar-refractivity contribution in [1.29, 1.82) is 0 Å². The summed E-state index contributed by atoms with van der Waals surface area (Å²) >= 11 is 0. The predicted molar refractivity (Wildman–Crippen MR) is 41.5 cm³/mol. The normalized spacial score (nSPS) is 11.5. The Hall–Kier alpha value is -1.30. The molecule has 0 aromatic carbocycles. The van der Waals surface area contributed by atoms with Crippen LogP contribution in [0.3, 0.4) is 0 Å². The summed E-state index contributed by atoms with van der Waals surface area (Å²) in [4.78, 5) is 22.6. The third kappa shape index (κ3) is 2.42. The number of carbonyl (C=O) groups excluding carboxylic acids is 2. The van der Waals surface area contributed by atoms with E-state index in [1.54, 1.807) is 6.92 Å². The Morgan fingerprint density at radius 1 is 1.36 bits per heavy atom. The molecule has 0 radical (unpaired) electrons. The van der Waals surface area contributed by atoms with Gasteiger partial charge in [-0.3, -0.25) is 14.5 Å². The van der Waals surface area contributed by atoms with Crippen molar-refractivity contribution in [2.75, 3.05) is 0 Å². The van der Waals surface area contributed by atoms with E-state index in [9.17, 15) is 9.59 Å². The Morgan fingerprint density at radius 3 is 1.82 bits per heavy atom. The van der Waals surface area contributed by atoms with Crippen molar-refractivity contribution in [3.05, 3.63) is 0 Å². The fourth-order valence-electron chi connectivity index (χ4n) is 0.842. The maximum atomic E-state index is 10.8. The van der Waals surface area contributed by atoms with Gasteiger partial charge in [0, 0.05) is 13.8 Å². The molecule has 2 amide bonds. The molecule has 0 saturated heterocycles. The largest absolute Gasteiger partial charge is 0.275 e. The van der Waals surface area contributed by atoms with E-state index >= 15 is 0 Å². The molecule has 3 nitrogen and oxygen atoms in total. The van der Waals surface area contributed by atoms with Gasteiger partial charge in [-0.05, 0) is 6.92 Å². The Bertz CT molecular complexity index is 201. The highest BCUT2D eigenvalue weighted by Gasteiger charge is 2.18. The lowest BCUT2D eigenvalue weighted by molar-refractivity contribution is -0.143. The first-order valence-electron chi connectivity index (χ1n) is 3.27. The summed E-state index contributed by atoms with van der Waals surface area (Å²) in [6.45, 7) is 4.26. The first-order chi connectivity index (χ1) is 5.00. The second kappa shape index (κ2) is 3.77. The van der Waals surface area contributed by atoms with Crippen LogP contribution in [0, 0.1) is 12.3 Å². The van der Waals surface area contributed by atoms with E-state index in [0.29, 0.717) is 0 Å². The third-order valence-electron chi connectivity index (χ3n) is 1.31. The smallest absolute Gasteiger partial charge is 0.227 e. The Kier molecular flexibility index (Phi) is 3.32. The lowest BCUT2D eigenvalue weighted by Gasteiger charge is -2.19. The number of rotatable bonds is 1. The molecule has 60 valence electrons. The van der Waals surface area contributed by atoms with Crippen LogP contribution in [-0.4, -0.2) is 22.8 Å². The first kappa shape index (κ1) is 9.70. The second-order valence-electron chi connectivity index (χ2n) is 2.25. The summed E-state index contributed by atoms with van der Waals surface area (Å²) < 4.78 is 0. The lowest BCUT2D eigenvalue weighted by atomic mass is 10.3. The highest BCUT2D eigenvalue weighted by atomic mass is 16.2. The molecule has 3 heteroatoms. The lowest BCUT2D eigenvalue weighted by Crippen LogP contribution is -2.39. The monoisotopic (exact) mass is 153 g/mol. The first-order valence-corrected chi connectivity index (χ1v) is 3.27. The zero-order valence-corrected chi connectivity index (χ0v) is 6.92. The molecular formula is C8H11NO2. The predicted octanol–water partition coefficient (Wildman–Crippen LogP) is 0.403. The van der Waals surface area contributed by atoms with Gasteiger partial charge < -0.3 is 0 Å². The molecule has 0 rings (SSSR count). The van der Waals surface area contributed by atoms with E-state index in [4.69, 9.17) is 6.42 Å². The molecule has 0 heterocycles. The summed E-state index contributed by atoms with van der Waals surface area (Å²) in [5.41, 5.74) is 0. The molecule has 0 aliphatic heterocycles. The van der Waals surface area contributed by atoms with Gasteiger partial charge in [0.05, 0.1) is 6.04 Å². The fourth-order valence-corrected chi connectivity index (χ4v) is 0.842. The Morgan fingerprint density at radius 2 is 1.73 bits per heavy atom. The van der Waals surface area contributed by atoms with Crippen LogP contribution < -0.4 is 0 Å². The number of imide groups is 1. The molecule has 1 atom stereocenters. The summed E-state index contributed by atoms with van der Waals surface area (Å²) in [5.74, 6) is 1.68. The van der Waals surface area contributed by atoms with Crippen LogP contribution in [0.4, 0.5) is 0 Å². The van der Waals surface area contributed by atoms with Gasteiger partial charge in [-0.2, -0.15) is 0 Å². The highest BCUT2D eigenvalue weighted by Crippen LogP contribution is 1.98. The molecule has 11 heavy (non-hydrogen) atoms. The second-order valence-corrected chi connectivity index (χ2v) is 2.25. The maximum Gasteiger partial charge on any atom is 0.227 e. The van der Waals surface area contributed by atoms with Crippen molar-refractivity contribution in [2.24, 2.45) is 0 Å². The van der Waals surface area contributed by atoms with Gasteiger partial charge in [0.1, 0.15) is 0 Å². The summed E-state index contributed by atoms with van der Waals surface area (Å²) in [6.07, 6.45) is 5.05. The van der Waals surface area contributed by atoms with Crippen molar-refractivity contribution in [3.8, 4) is 12.3 Å². The van der Waals surface area contributed by atoms with Gasteiger partial charge in [-0.1, -0.05) is 5.92 Å². The van der Waals surface area contributed by atoms with Crippen LogP contribution in [0.2, 0.25) is 0 Å². The number of amides is 2.